The van der Waals surface area contributed by atoms with Gasteiger partial charge in [0.05, 0.1) is 5.52 Å². The molecule has 1 aromatic heterocycles. The van der Waals surface area contributed by atoms with E-state index in [2.05, 4.69) is 0 Å². The number of aryl methyl sites for hydroxylation is 1. The van der Waals surface area contributed by atoms with Crippen molar-refractivity contribution in [3.8, 4) is 5.75 Å². The summed E-state index contributed by atoms with van der Waals surface area (Å²) in [6.45, 7) is 0.446. The van der Waals surface area contributed by atoms with Gasteiger partial charge < -0.3 is 9.30 Å². The molecule has 0 aliphatic rings. The van der Waals surface area contributed by atoms with E-state index in [0.717, 1.165) is 10.9 Å². The molecule has 0 radical (unpaired) electrons. The van der Waals surface area contributed by atoms with Gasteiger partial charge >= 0.3 is 0 Å². The minimum atomic E-state index is 0.446. The minimum absolute atomic E-state index is 0.446. The van der Waals surface area contributed by atoms with E-state index in [1.165, 1.54) is 0 Å². The average Bonchev–Trinajstić information content (AvgIpc) is 2.50. The highest BCUT2D eigenvalue weighted by Crippen LogP contribution is 2.25. The van der Waals surface area contributed by atoms with Crippen LogP contribution >= 0.6 is 0 Å². The van der Waals surface area contributed by atoms with E-state index in [1.807, 2.05) is 36.0 Å². The molecule has 3 heteroatoms. The third-order valence-corrected chi connectivity index (χ3v) is 2.04. The van der Waals surface area contributed by atoms with Crippen LogP contribution in [0.15, 0.2) is 30.5 Å². The van der Waals surface area contributed by atoms with Crippen LogP contribution in [0.25, 0.3) is 10.9 Å². The molecule has 0 atom stereocenters. The van der Waals surface area contributed by atoms with E-state index >= 15 is 0 Å². The molecule has 0 unspecified atom stereocenters. The Kier molecular flexibility index (Phi) is 1.77. The summed E-state index contributed by atoms with van der Waals surface area (Å²) in [5, 5.41) is 1.07. The molecule has 13 heavy (non-hydrogen) atoms. The summed E-state index contributed by atoms with van der Waals surface area (Å²) in [6.07, 6.45) is 1.93. The van der Waals surface area contributed by atoms with Gasteiger partial charge in [0.25, 0.3) is 6.47 Å². The van der Waals surface area contributed by atoms with E-state index in [-0.39, 0.29) is 0 Å². The number of nitrogens with zero attached hydrogens (tertiary/aromatic N) is 1. The molecule has 3 nitrogen and oxygen atoms in total. The number of benzene rings is 1. The van der Waals surface area contributed by atoms with Gasteiger partial charge in [-0.3, -0.25) is 4.79 Å². The number of ether oxygens (including phenoxy) is 1. The number of carbonyl (C=O) groups is 1. The Hall–Kier alpha value is -1.77. The average molecular weight is 175 g/mol. The molecular weight excluding hydrogens is 166 g/mol. The lowest BCUT2D eigenvalue weighted by molar-refractivity contribution is -0.120. The van der Waals surface area contributed by atoms with Crippen LogP contribution in [0.5, 0.6) is 5.75 Å². The van der Waals surface area contributed by atoms with Crippen LogP contribution in [0.4, 0.5) is 0 Å². The number of rotatable bonds is 2. The second-order valence-corrected chi connectivity index (χ2v) is 2.83. The molecule has 66 valence electrons. The van der Waals surface area contributed by atoms with Crippen LogP contribution in [0.1, 0.15) is 0 Å². The fourth-order valence-corrected chi connectivity index (χ4v) is 1.46. The maximum atomic E-state index is 10.2. The molecule has 0 fully saturated rings. The fourth-order valence-electron chi connectivity index (χ4n) is 1.46. The molecule has 0 saturated carbocycles. The van der Waals surface area contributed by atoms with E-state index in [9.17, 15) is 4.79 Å². The molecule has 0 saturated heterocycles. The maximum absolute atomic E-state index is 10.2. The van der Waals surface area contributed by atoms with Crippen molar-refractivity contribution in [1.82, 2.24) is 4.57 Å². The topological polar surface area (TPSA) is 31.2 Å². The van der Waals surface area contributed by atoms with Crippen LogP contribution in [-0.4, -0.2) is 11.0 Å². The van der Waals surface area contributed by atoms with E-state index in [1.54, 1.807) is 6.07 Å². The molecule has 0 bridgehead atoms. The van der Waals surface area contributed by atoms with E-state index < -0.39 is 0 Å². The second-order valence-electron chi connectivity index (χ2n) is 2.83. The zero-order valence-electron chi connectivity index (χ0n) is 7.23. The Morgan fingerprint density at radius 3 is 3.00 bits per heavy atom. The molecule has 0 aliphatic heterocycles. The highest BCUT2D eigenvalue weighted by molar-refractivity contribution is 5.86. The number of hydrogen-bond donors (Lipinski definition) is 0. The molecule has 2 aromatic rings. The van der Waals surface area contributed by atoms with Gasteiger partial charge in [-0.25, -0.2) is 0 Å². The summed E-state index contributed by atoms with van der Waals surface area (Å²) in [5.74, 6) is 0.597. The zero-order chi connectivity index (χ0) is 9.26. The highest BCUT2D eigenvalue weighted by atomic mass is 16.5. The Morgan fingerprint density at radius 2 is 2.23 bits per heavy atom. The number of aromatic nitrogens is 1. The molecule has 0 aliphatic carbocycles. The van der Waals surface area contributed by atoms with Crippen LogP contribution in [0.2, 0.25) is 0 Å². The molecule has 2 rings (SSSR count). The maximum Gasteiger partial charge on any atom is 0.298 e. The second kappa shape index (κ2) is 2.94. The van der Waals surface area contributed by atoms with Crippen molar-refractivity contribution in [2.45, 2.75) is 0 Å². The van der Waals surface area contributed by atoms with E-state index in [0.29, 0.717) is 12.2 Å². The minimum Gasteiger partial charge on any atom is -0.426 e. The normalized spacial score (nSPS) is 10.2. The van der Waals surface area contributed by atoms with Crippen LogP contribution in [-0.2, 0) is 11.8 Å². The first kappa shape index (κ1) is 7.86. The smallest absolute Gasteiger partial charge is 0.298 e. The third kappa shape index (κ3) is 1.18. The van der Waals surface area contributed by atoms with Gasteiger partial charge in [0, 0.05) is 18.6 Å². The lowest BCUT2D eigenvalue weighted by Crippen LogP contribution is -1.92. The summed E-state index contributed by atoms with van der Waals surface area (Å²) in [4.78, 5) is 10.2. The molecule has 1 aromatic carbocycles. The predicted octanol–water partition coefficient (Wildman–Crippen LogP) is 1.71. The standard InChI is InChI=1S/C10H9NO2/c1-11-6-5-8-3-2-4-9(10(8)11)13-7-12/h2-7H,1H3. The molecule has 0 spiro atoms. The SMILES string of the molecule is Cn1ccc2cccc(OC=O)c21. The highest BCUT2D eigenvalue weighted by Gasteiger charge is 2.04. The first-order chi connectivity index (χ1) is 6.33. The van der Waals surface area contributed by atoms with Crippen molar-refractivity contribution in [1.29, 1.82) is 0 Å². The van der Waals surface area contributed by atoms with Crippen LogP contribution in [0.3, 0.4) is 0 Å². The summed E-state index contributed by atoms with van der Waals surface area (Å²) in [7, 11) is 1.92. The summed E-state index contributed by atoms with van der Waals surface area (Å²) < 4.78 is 6.78. The van der Waals surface area contributed by atoms with Crippen molar-refractivity contribution in [3.05, 3.63) is 30.5 Å². The fraction of sp³-hybridized carbons (Fsp3) is 0.100. The number of carbonyl (C=O) groups excluding carboxylic acids is 1. The molecular formula is C10H9NO2. The van der Waals surface area contributed by atoms with Gasteiger partial charge in [-0.15, -0.1) is 0 Å². The first-order valence-electron chi connectivity index (χ1n) is 3.97. The Morgan fingerprint density at radius 1 is 1.38 bits per heavy atom. The molecule has 1 heterocycles. The summed E-state index contributed by atoms with van der Waals surface area (Å²) >= 11 is 0. The van der Waals surface area contributed by atoms with Crippen molar-refractivity contribution in [2.75, 3.05) is 0 Å². The third-order valence-electron chi connectivity index (χ3n) is 2.04. The van der Waals surface area contributed by atoms with Crippen LogP contribution in [0, 0.1) is 0 Å². The number of para-hydroxylation sites is 1. The lowest BCUT2D eigenvalue weighted by Gasteiger charge is -2.02. The monoisotopic (exact) mass is 175 g/mol. The van der Waals surface area contributed by atoms with Gasteiger partial charge in [-0.05, 0) is 12.1 Å². The van der Waals surface area contributed by atoms with Crippen molar-refractivity contribution < 1.29 is 9.53 Å². The number of hydrogen-bond acceptors (Lipinski definition) is 2. The Bertz CT molecular complexity index is 445. The summed E-state index contributed by atoms with van der Waals surface area (Å²) in [5.41, 5.74) is 0.939. The largest absolute Gasteiger partial charge is 0.426 e. The van der Waals surface area contributed by atoms with Crippen molar-refractivity contribution in [2.24, 2.45) is 7.05 Å². The van der Waals surface area contributed by atoms with Crippen LogP contribution < -0.4 is 4.74 Å². The van der Waals surface area contributed by atoms with Crippen molar-refractivity contribution >= 4 is 17.4 Å². The van der Waals surface area contributed by atoms with Gasteiger partial charge in [0.2, 0.25) is 0 Å². The van der Waals surface area contributed by atoms with Crippen molar-refractivity contribution in [3.63, 3.8) is 0 Å². The lowest BCUT2D eigenvalue weighted by atomic mass is 10.2. The first-order valence-corrected chi connectivity index (χ1v) is 3.97. The predicted molar refractivity (Wildman–Crippen MR) is 49.6 cm³/mol. The summed E-state index contributed by atoms with van der Waals surface area (Å²) in [6, 6.07) is 7.60. The number of fused-ring (bicyclic) bond motifs is 1. The Labute approximate surface area is 75.5 Å². The quantitative estimate of drug-likeness (QED) is 0.650. The Balaban J connectivity index is 2.72. The molecule has 0 N–H and O–H groups in total. The van der Waals surface area contributed by atoms with Gasteiger partial charge in [-0.1, -0.05) is 12.1 Å². The zero-order valence-corrected chi connectivity index (χ0v) is 7.23. The van der Waals surface area contributed by atoms with Gasteiger partial charge in [-0.2, -0.15) is 0 Å². The van der Waals surface area contributed by atoms with E-state index in [4.69, 9.17) is 4.74 Å². The van der Waals surface area contributed by atoms with Gasteiger partial charge in [0.15, 0.2) is 5.75 Å². The van der Waals surface area contributed by atoms with Gasteiger partial charge in [0.1, 0.15) is 0 Å². The molecule has 0 amide bonds.